The monoisotopic (exact) mass is 370 g/mol. The van der Waals surface area contributed by atoms with Crippen molar-refractivity contribution < 1.29 is 4.74 Å². The maximum Gasteiger partial charge on any atom is 0.194 e. The third-order valence-electron chi connectivity index (χ3n) is 4.85. The number of ether oxygens (including phenoxy) is 1. The topological polar surface area (TPSA) is 67.6 Å². The van der Waals surface area contributed by atoms with E-state index in [1.54, 1.807) is 0 Å². The van der Waals surface area contributed by atoms with Gasteiger partial charge in [-0.3, -0.25) is 0 Å². The summed E-state index contributed by atoms with van der Waals surface area (Å²) < 4.78 is 7.75. The van der Waals surface area contributed by atoms with Gasteiger partial charge in [0, 0.05) is 26.7 Å². The molecule has 0 saturated carbocycles. The van der Waals surface area contributed by atoms with Crippen LogP contribution < -0.4 is 10.1 Å². The minimum Gasteiger partial charge on any atom is -0.494 e. The first-order valence-corrected chi connectivity index (χ1v) is 9.75. The summed E-state index contributed by atoms with van der Waals surface area (Å²) in [5.41, 5.74) is 2.71. The van der Waals surface area contributed by atoms with Gasteiger partial charge in [0.05, 0.1) is 6.61 Å². The van der Waals surface area contributed by atoms with E-state index in [4.69, 9.17) is 9.73 Å². The fourth-order valence-electron chi connectivity index (χ4n) is 3.18. The molecule has 0 atom stereocenters. The Hall–Kier alpha value is -2.57. The Morgan fingerprint density at radius 2 is 2.11 bits per heavy atom. The van der Waals surface area contributed by atoms with Gasteiger partial charge in [-0.1, -0.05) is 13.0 Å². The highest BCUT2D eigenvalue weighted by Crippen LogP contribution is 2.24. The molecule has 0 spiro atoms. The second kappa shape index (κ2) is 8.88. The van der Waals surface area contributed by atoms with Crippen molar-refractivity contribution in [2.45, 2.75) is 46.7 Å². The summed E-state index contributed by atoms with van der Waals surface area (Å²) >= 11 is 0. The molecule has 1 aromatic heterocycles. The van der Waals surface area contributed by atoms with Crippen molar-refractivity contribution in [2.24, 2.45) is 12.0 Å². The van der Waals surface area contributed by atoms with Crippen LogP contribution in [0.1, 0.15) is 43.0 Å². The van der Waals surface area contributed by atoms with Crippen molar-refractivity contribution in [3.63, 3.8) is 0 Å². The smallest absolute Gasteiger partial charge is 0.194 e. The van der Waals surface area contributed by atoms with Gasteiger partial charge >= 0.3 is 0 Å². The van der Waals surface area contributed by atoms with Crippen molar-refractivity contribution in [3.05, 3.63) is 41.0 Å². The lowest BCUT2D eigenvalue weighted by Crippen LogP contribution is -2.44. The molecule has 1 aliphatic heterocycles. The molecular weight excluding hydrogens is 340 g/mol. The van der Waals surface area contributed by atoms with E-state index in [1.807, 2.05) is 18.5 Å². The van der Waals surface area contributed by atoms with Gasteiger partial charge in [0.2, 0.25) is 0 Å². The standard InChI is InChI=1S/C20H30N6O/c1-5-11-27-18-8-7-17-14-26(10-9-16(17)12-18)20(21-6-2)22-13-19-24-23-15(3)25(19)4/h7-8,12H,5-6,9-11,13-14H2,1-4H3,(H,21,22). The molecule has 0 aliphatic carbocycles. The summed E-state index contributed by atoms with van der Waals surface area (Å²) in [6, 6.07) is 6.45. The number of aryl methyl sites for hydroxylation is 1. The third-order valence-corrected chi connectivity index (χ3v) is 4.85. The first-order valence-electron chi connectivity index (χ1n) is 9.75. The Bertz CT molecular complexity index is 798. The lowest BCUT2D eigenvalue weighted by Gasteiger charge is -2.32. The summed E-state index contributed by atoms with van der Waals surface area (Å²) in [5, 5.41) is 11.7. The number of nitrogens with one attached hydrogen (secondary N) is 1. The predicted octanol–water partition coefficient (Wildman–Crippen LogP) is 2.44. The van der Waals surface area contributed by atoms with E-state index in [0.29, 0.717) is 6.54 Å². The Labute approximate surface area is 161 Å². The largest absolute Gasteiger partial charge is 0.494 e. The zero-order valence-electron chi connectivity index (χ0n) is 16.8. The minimum absolute atomic E-state index is 0.521. The molecule has 1 N–H and O–H groups in total. The third kappa shape index (κ3) is 4.59. The Morgan fingerprint density at radius 1 is 1.26 bits per heavy atom. The average molecular weight is 371 g/mol. The number of nitrogens with zero attached hydrogens (tertiary/aromatic N) is 5. The highest BCUT2D eigenvalue weighted by atomic mass is 16.5. The van der Waals surface area contributed by atoms with Gasteiger partial charge in [0.15, 0.2) is 11.8 Å². The number of guanidine groups is 1. The molecule has 1 aliphatic rings. The van der Waals surface area contributed by atoms with Gasteiger partial charge in [-0.25, -0.2) is 4.99 Å². The zero-order chi connectivity index (χ0) is 19.2. The van der Waals surface area contributed by atoms with Crippen LogP contribution in [0.4, 0.5) is 0 Å². The van der Waals surface area contributed by atoms with Gasteiger partial charge in [-0.2, -0.15) is 0 Å². The van der Waals surface area contributed by atoms with Gasteiger partial charge in [-0.05, 0) is 49.9 Å². The van der Waals surface area contributed by atoms with Gasteiger partial charge < -0.3 is 19.5 Å². The molecule has 7 nitrogen and oxygen atoms in total. The van der Waals surface area contributed by atoms with Crippen LogP contribution in [0.25, 0.3) is 0 Å². The molecule has 0 saturated heterocycles. The molecule has 27 heavy (non-hydrogen) atoms. The Morgan fingerprint density at radius 3 is 2.81 bits per heavy atom. The number of hydrogen-bond acceptors (Lipinski definition) is 4. The number of rotatable bonds is 6. The summed E-state index contributed by atoms with van der Waals surface area (Å²) in [6.07, 6.45) is 2.02. The summed E-state index contributed by atoms with van der Waals surface area (Å²) in [6.45, 7) is 10.1. The molecule has 2 aromatic rings. The van der Waals surface area contributed by atoms with Crippen molar-refractivity contribution >= 4 is 5.96 Å². The van der Waals surface area contributed by atoms with Crippen LogP contribution in [0.15, 0.2) is 23.2 Å². The normalized spacial score (nSPS) is 14.2. The van der Waals surface area contributed by atoms with E-state index in [1.165, 1.54) is 11.1 Å². The molecule has 1 aromatic carbocycles. The fourth-order valence-corrected chi connectivity index (χ4v) is 3.18. The quantitative estimate of drug-likeness (QED) is 0.625. The molecule has 0 radical (unpaired) electrons. The number of aliphatic imine (C=N–C) groups is 1. The molecule has 0 fully saturated rings. The van der Waals surface area contributed by atoms with E-state index in [2.05, 4.69) is 52.5 Å². The molecular formula is C20H30N6O. The van der Waals surface area contributed by atoms with Crippen molar-refractivity contribution in [1.82, 2.24) is 25.0 Å². The van der Waals surface area contributed by atoms with Crippen molar-refractivity contribution in [3.8, 4) is 5.75 Å². The Balaban J connectivity index is 1.72. The first-order chi connectivity index (χ1) is 13.1. The van der Waals surface area contributed by atoms with Crippen LogP contribution in [-0.2, 0) is 26.6 Å². The highest BCUT2D eigenvalue weighted by molar-refractivity contribution is 5.80. The molecule has 3 rings (SSSR count). The van der Waals surface area contributed by atoms with Gasteiger partial charge in [-0.15, -0.1) is 10.2 Å². The molecule has 0 amide bonds. The molecule has 0 unspecified atom stereocenters. The maximum absolute atomic E-state index is 5.77. The second-order valence-electron chi connectivity index (χ2n) is 6.84. The van der Waals surface area contributed by atoms with Crippen LogP contribution in [0, 0.1) is 6.92 Å². The van der Waals surface area contributed by atoms with Gasteiger partial charge in [0.25, 0.3) is 0 Å². The lowest BCUT2D eigenvalue weighted by molar-refractivity contribution is 0.315. The average Bonchev–Trinajstić information content (AvgIpc) is 3.01. The lowest BCUT2D eigenvalue weighted by atomic mass is 9.99. The number of fused-ring (bicyclic) bond motifs is 1. The molecule has 2 heterocycles. The number of benzene rings is 1. The van der Waals surface area contributed by atoms with Crippen LogP contribution in [0.3, 0.4) is 0 Å². The van der Waals surface area contributed by atoms with E-state index in [0.717, 1.165) is 62.4 Å². The summed E-state index contributed by atoms with van der Waals surface area (Å²) in [4.78, 5) is 7.10. The summed E-state index contributed by atoms with van der Waals surface area (Å²) in [7, 11) is 1.97. The number of aromatic nitrogens is 3. The highest BCUT2D eigenvalue weighted by Gasteiger charge is 2.20. The van der Waals surface area contributed by atoms with E-state index < -0.39 is 0 Å². The summed E-state index contributed by atoms with van der Waals surface area (Å²) in [5.74, 6) is 3.67. The van der Waals surface area contributed by atoms with Crippen molar-refractivity contribution in [2.75, 3.05) is 19.7 Å². The van der Waals surface area contributed by atoms with Crippen LogP contribution in [-0.4, -0.2) is 45.3 Å². The van der Waals surface area contributed by atoms with Crippen LogP contribution >= 0.6 is 0 Å². The van der Waals surface area contributed by atoms with Gasteiger partial charge in [0.1, 0.15) is 18.1 Å². The maximum atomic E-state index is 5.77. The minimum atomic E-state index is 0.521. The molecule has 146 valence electrons. The first kappa shape index (κ1) is 19.2. The number of hydrogen-bond donors (Lipinski definition) is 1. The van der Waals surface area contributed by atoms with E-state index in [9.17, 15) is 0 Å². The Kier molecular flexibility index (Phi) is 6.32. The van der Waals surface area contributed by atoms with Crippen LogP contribution in [0.5, 0.6) is 5.75 Å². The fraction of sp³-hybridized carbons (Fsp3) is 0.550. The molecule has 0 bridgehead atoms. The zero-order valence-corrected chi connectivity index (χ0v) is 16.8. The van der Waals surface area contributed by atoms with Crippen LogP contribution in [0.2, 0.25) is 0 Å². The second-order valence-corrected chi connectivity index (χ2v) is 6.84. The van der Waals surface area contributed by atoms with E-state index in [-0.39, 0.29) is 0 Å². The van der Waals surface area contributed by atoms with Crippen molar-refractivity contribution in [1.29, 1.82) is 0 Å². The predicted molar refractivity (Wildman–Crippen MR) is 107 cm³/mol. The van der Waals surface area contributed by atoms with E-state index >= 15 is 0 Å². The SMILES string of the molecule is CCCOc1ccc2c(c1)CCN(C(=NCc1nnc(C)n1C)NCC)C2. The molecule has 7 heteroatoms.